The minimum absolute atomic E-state index is 0.0478. The Bertz CT molecular complexity index is 386. The Morgan fingerprint density at radius 3 is 1.65 bits per heavy atom. The van der Waals surface area contributed by atoms with Crippen molar-refractivity contribution in [1.82, 2.24) is 0 Å². The summed E-state index contributed by atoms with van der Waals surface area (Å²) in [4.78, 5) is 41.1. The summed E-state index contributed by atoms with van der Waals surface area (Å²) < 4.78 is 52.3. The lowest BCUT2D eigenvalue weighted by Gasteiger charge is -2.10. The molecule has 0 heterocycles. The molecule has 0 aliphatic rings. The van der Waals surface area contributed by atoms with Crippen molar-refractivity contribution in [3.05, 3.63) is 0 Å². The van der Waals surface area contributed by atoms with Crippen LogP contribution in [0.3, 0.4) is 0 Å². The summed E-state index contributed by atoms with van der Waals surface area (Å²) in [7, 11) is -14.6. The molecule has 124 valence electrons. The lowest BCUT2D eigenvalue weighted by Crippen LogP contribution is -1.94. The van der Waals surface area contributed by atoms with Gasteiger partial charge in [-0.3, -0.25) is 27.3 Å². The molecule has 0 radical (unpaired) electrons. The Labute approximate surface area is 115 Å². The second-order valence-electron chi connectivity index (χ2n) is 2.80. The van der Waals surface area contributed by atoms with Crippen LogP contribution in [0, 0.1) is 0 Å². The predicted octanol–water partition coefficient (Wildman–Crippen LogP) is 0.0846. The third-order valence-electron chi connectivity index (χ3n) is 1.06. The van der Waals surface area contributed by atoms with Gasteiger partial charge in [0, 0.05) is 0 Å². The van der Waals surface area contributed by atoms with Crippen LogP contribution in [0.25, 0.3) is 0 Å². The van der Waals surface area contributed by atoms with Gasteiger partial charge < -0.3 is 29.0 Å². The average Bonchev–Trinajstić information content (AvgIpc) is 2.12. The summed E-state index contributed by atoms with van der Waals surface area (Å²) in [5.74, 6) is -1.12. The molecule has 0 aliphatic carbocycles. The van der Waals surface area contributed by atoms with Gasteiger partial charge in [-0.1, -0.05) is 0 Å². The maximum Gasteiger partial charge on any atom is 0.340 e. The van der Waals surface area contributed by atoms with Gasteiger partial charge in [0.1, 0.15) is 0 Å². The first-order valence-corrected chi connectivity index (χ1v) is 10.7. The molecule has 12 nitrogen and oxygen atoms in total. The van der Waals surface area contributed by atoms with E-state index in [1.54, 1.807) is 0 Å². The Morgan fingerprint density at radius 2 is 1.40 bits per heavy atom. The van der Waals surface area contributed by atoms with Gasteiger partial charge in [0.25, 0.3) is 0 Å². The van der Waals surface area contributed by atoms with E-state index in [2.05, 4.69) is 13.6 Å². The Kier molecular flexibility index (Phi) is 12.8. The molecule has 0 aliphatic heterocycles. The highest BCUT2D eigenvalue weighted by atomic mass is 31.2. The normalized spacial score (nSPS) is 17.5. The zero-order valence-corrected chi connectivity index (χ0v) is 13.9. The summed E-state index contributed by atoms with van der Waals surface area (Å²) >= 11 is 0. The van der Waals surface area contributed by atoms with Crippen LogP contribution in [0.2, 0.25) is 0 Å². The first-order valence-electron chi connectivity index (χ1n) is 4.62. The molecule has 0 fully saturated rings. The maximum atomic E-state index is 10.7. The molecule has 0 aromatic carbocycles. The van der Waals surface area contributed by atoms with E-state index in [0.29, 0.717) is 0 Å². The van der Waals surface area contributed by atoms with E-state index in [0.717, 1.165) is 0 Å². The molecule has 3 unspecified atom stereocenters. The molecule has 0 saturated heterocycles. The summed E-state index contributed by atoms with van der Waals surface area (Å²) in [5, 5.41) is 0. The van der Waals surface area contributed by atoms with E-state index in [1.165, 1.54) is 6.92 Å². The Hall–Kier alpha value is 0.600. The minimum Gasteiger partial charge on any atom is -0.326 e. The number of hydrogen-bond acceptors (Lipinski definition) is 7. The van der Waals surface area contributed by atoms with Crippen molar-refractivity contribution >= 4 is 31.7 Å². The zero-order valence-electron chi connectivity index (χ0n) is 10.1. The predicted molar refractivity (Wildman–Crippen MR) is 67.8 cm³/mol. The quantitative estimate of drug-likeness (QED) is 0.281. The first-order chi connectivity index (χ1) is 8.89. The molecule has 16 heteroatoms. The Balaban J connectivity index is 0. The largest absolute Gasteiger partial charge is 0.340 e. The van der Waals surface area contributed by atoms with Crippen LogP contribution in [0.4, 0.5) is 0 Å². The van der Waals surface area contributed by atoms with Crippen molar-refractivity contribution in [2.24, 2.45) is 0 Å². The van der Waals surface area contributed by atoms with E-state index in [-0.39, 0.29) is 6.61 Å². The summed E-state index contributed by atoms with van der Waals surface area (Å²) in [5.41, 5.74) is 0. The van der Waals surface area contributed by atoms with Gasteiger partial charge in [-0.05, 0) is 6.92 Å². The fourth-order valence-electron chi connectivity index (χ4n) is 0.606. The van der Waals surface area contributed by atoms with Crippen LogP contribution in [-0.2, 0) is 31.8 Å². The van der Waals surface area contributed by atoms with E-state index in [4.69, 9.17) is 24.5 Å². The molecule has 0 bridgehead atoms. The smallest absolute Gasteiger partial charge is 0.326 e. The fraction of sp³-hybridized carbons (Fsp3) is 1.00. The maximum absolute atomic E-state index is 10.7. The first kappa shape index (κ1) is 22.9. The zero-order chi connectivity index (χ0) is 16.4. The summed E-state index contributed by atoms with van der Waals surface area (Å²) in [6.45, 7) is 0.791. The van der Waals surface area contributed by atoms with Gasteiger partial charge in [-0.2, -0.15) is 0 Å². The molecule has 0 amide bonds. The third kappa shape index (κ3) is 20.9. The van der Waals surface area contributed by atoms with Gasteiger partial charge in [0.15, 0.2) is 12.7 Å². The molecule has 0 aromatic rings. The molecule has 5 N–H and O–H groups in total. The molecule has 20 heavy (non-hydrogen) atoms. The fourth-order valence-corrected chi connectivity index (χ4v) is 3.64. The third-order valence-corrected chi connectivity index (χ3v) is 5.35. The van der Waals surface area contributed by atoms with Crippen LogP contribution in [0.1, 0.15) is 6.92 Å². The monoisotopic (exact) mass is 380 g/mol. The van der Waals surface area contributed by atoms with E-state index >= 15 is 0 Å². The SMILES string of the molecule is CCOP(=O)(O)CP(=O)(O)O.O=[PH](O)OCO[PH](=O)O. The average molecular weight is 380 g/mol. The minimum atomic E-state index is -4.46. The van der Waals surface area contributed by atoms with Crippen molar-refractivity contribution in [3.8, 4) is 0 Å². The van der Waals surface area contributed by atoms with Gasteiger partial charge in [0.05, 0.1) is 6.61 Å². The molecular weight excluding hydrogens is 364 g/mol. The molecule has 0 saturated carbocycles. The van der Waals surface area contributed by atoms with E-state index in [1.807, 2.05) is 0 Å². The van der Waals surface area contributed by atoms with Crippen molar-refractivity contribution in [1.29, 1.82) is 0 Å². The van der Waals surface area contributed by atoms with Gasteiger partial charge >= 0.3 is 31.7 Å². The highest BCUT2D eigenvalue weighted by Crippen LogP contribution is 2.55. The highest BCUT2D eigenvalue weighted by molar-refractivity contribution is 7.70. The van der Waals surface area contributed by atoms with E-state index in [9.17, 15) is 18.3 Å². The van der Waals surface area contributed by atoms with Crippen molar-refractivity contribution in [2.45, 2.75) is 6.92 Å². The van der Waals surface area contributed by atoms with Crippen molar-refractivity contribution in [3.63, 3.8) is 0 Å². The summed E-state index contributed by atoms with van der Waals surface area (Å²) in [6.07, 6.45) is 0. The lowest BCUT2D eigenvalue weighted by molar-refractivity contribution is 0.110. The van der Waals surface area contributed by atoms with Crippen LogP contribution in [0.15, 0.2) is 0 Å². The van der Waals surface area contributed by atoms with Crippen LogP contribution < -0.4 is 0 Å². The second-order valence-corrected chi connectivity index (χ2v) is 8.43. The summed E-state index contributed by atoms with van der Waals surface area (Å²) in [6, 6.07) is 0. The van der Waals surface area contributed by atoms with E-state index < -0.39 is 44.4 Å². The van der Waals surface area contributed by atoms with Crippen molar-refractivity contribution < 1.29 is 56.3 Å². The van der Waals surface area contributed by atoms with Crippen LogP contribution in [-0.4, -0.2) is 43.8 Å². The van der Waals surface area contributed by atoms with Crippen LogP contribution in [0.5, 0.6) is 0 Å². The molecule has 3 atom stereocenters. The molecule has 0 spiro atoms. The second kappa shape index (κ2) is 11.2. The van der Waals surface area contributed by atoms with Crippen molar-refractivity contribution in [2.75, 3.05) is 19.3 Å². The molecule has 0 aromatic heterocycles. The van der Waals surface area contributed by atoms with Gasteiger partial charge in [-0.15, -0.1) is 0 Å². The lowest BCUT2D eigenvalue weighted by atomic mass is 10.9. The topological polar surface area (TPSA) is 197 Å². The molecular formula is C4H16O12P4. The number of rotatable bonds is 8. The highest BCUT2D eigenvalue weighted by Gasteiger charge is 2.30. The van der Waals surface area contributed by atoms with Gasteiger partial charge in [0.2, 0.25) is 0 Å². The Morgan fingerprint density at radius 1 is 1.00 bits per heavy atom. The molecule has 0 rings (SSSR count). The standard InChI is InChI=1S/C3H10O6P2.CH6O6P2/c1-2-9-11(7,8)3-10(4,5)6;2-8(3)6-1-7-9(4)5/h2-3H2,1H3,(H,7,8)(H2,4,5,6);8-9H,1H2,(H,2,3)(H,4,5). The number of hydrogen-bond donors (Lipinski definition) is 5. The van der Waals surface area contributed by atoms with Gasteiger partial charge in [-0.25, -0.2) is 0 Å². The van der Waals surface area contributed by atoms with Crippen LogP contribution >= 0.6 is 31.7 Å².